The van der Waals surface area contributed by atoms with Gasteiger partial charge in [-0.1, -0.05) is 61.7 Å². The van der Waals surface area contributed by atoms with Gasteiger partial charge in [0.15, 0.2) is 16.6 Å². The first-order chi connectivity index (χ1) is 17.8. The summed E-state index contributed by atoms with van der Waals surface area (Å²) in [5.74, 6) is -0.416. The Morgan fingerprint density at radius 2 is 2.00 bits per heavy atom. The van der Waals surface area contributed by atoms with Gasteiger partial charge in [0.2, 0.25) is 0 Å². The van der Waals surface area contributed by atoms with E-state index < -0.39 is 16.8 Å². The molecule has 2 heterocycles. The van der Waals surface area contributed by atoms with Gasteiger partial charge in [0.25, 0.3) is 0 Å². The minimum atomic E-state index is -1.77. The average molecular weight is 543 g/mol. The predicted molar refractivity (Wildman–Crippen MR) is 150 cm³/mol. The van der Waals surface area contributed by atoms with E-state index in [9.17, 15) is 4.21 Å². The van der Waals surface area contributed by atoms with Crippen LogP contribution in [0.4, 0.5) is 10.2 Å². The Morgan fingerprint density at radius 3 is 2.70 bits per heavy atom. The van der Waals surface area contributed by atoms with Crippen LogP contribution in [-0.2, 0) is 11.0 Å². The number of anilines is 1. The van der Waals surface area contributed by atoms with Crippen LogP contribution in [0, 0.1) is 0 Å². The number of nitrogens with one attached hydrogen (secondary N) is 1. The second-order valence-corrected chi connectivity index (χ2v) is 10.8. The van der Waals surface area contributed by atoms with Crippen LogP contribution in [0.2, 0.25) is 0 Å². The van der Waals surface area contributed by atoms with Crippen molar-refractivity contribution in [3.63, 3.8) is 0 Å². The molecule has 1 saturated carbocycles. The third-order valence-corrected chi connectivity index (χ3v) is 8.55. The summed E-state index contributed by atoms with van der Waals surface area (Å²) >= 11 is 6.38. The molecular formula is C27H32ClFN6OS. The standard InChI is InChI=1S/C27H32ClFN6OS/c1-4-18(15-21(29)22(5-2)34-37(36)25-17(3)11-9-10-14-20(25)28)24-23-26(30)31-16-32-27(23)35(33-24)19-12-7-6-8-13-19/h4-5,14-16,19,34H,1-2,6-13H2,3H3,(H2,30,31,32)/b18-15+,22-21-. The summed E-state index contributed by atoms with van der Waals surface area (Å²) in [6.45, 7) is 9.46. The lowest BCUT2D eigenvalue weighted by molar-refractivity contribution is 0.335. The zero-order valence-corrected chi connectivity index (χ0v) is 22.5. The van der Waals surface area contributed by atoms with Crippen LogP contribution in [0.1, 0.15) is 70.0 Å². The van der Waals surface area contributed by atoms with Crippen molar-refractivity contribution >= 4 is 45.0 Å². The number of nitrogen functional groups attached to an aromatic ring is 1. The van der Waals surface area contributed by atoms with Crippen LogP contribution >= 0.6 is 11.6 Å². The van der Waals surface area contributed by atoms with Gasteiger partial charge in [-0.05, 0) is 51.2 Å². The second kappa shape index (κ2) is 12.0. The van der Waals surface area contributed by atoms with Crippen LogP contribution in [0.25, 0.3) is 16.6 Å². The minimum absolute atomic E-state index is 0.0352. The molecule has 2 aliphatic carbocycles. The molecule has 2 aromatic heterocycles. The summed E-state index contributed by atoms with van der Waals surface area (Å²) < 4.78 is 33.3. The number of fused-ring (bicyclic) bond motifs is 1. The van der Waals surface area contributed by atoms with Crippen LogP contribution in [0.15, 0.2) is 70.8 Å². The van der Waals surface area contributed by atoms with E-state index in [-0.39, 0.29) is 17.6 Å². The van der Waals surface area contributed by atoms with Gasteiger partial charge in [-0.25, -0.2) is 23.2 Å². The van der Waals surface area contributed by atoms with Gasteiger partial charge < -0.3 is 5.73 Å². The molecular weight excluding hydrogens is 511 g/mol. The predicted octanol–water partition coefficient (Wildman–Crippen LogP) is 6.68. The average Bonchev–Trinajstić information content (AvgIpc) is 3.20. The molecule has 0 amide bonds. The van der Waals surface area contributed by atoms with Crippen molar-refractivity contribution < 1.29 is 8.60 Å². The Morgan fingerprint density at radius 1 is 1.24 bits per heavy atom. The van der Waals surface area contributed by atoms with E-state index in [1.807, 2.05) is 17.7 Å². The minimum Gasteiger partial charge on any atom is -0.383 e. The van der Waals surface area contributed by atoms with Crippen molar-refractivity contribution in [3.8, 4) is 0 Å². The van der Waals surface area contributed by atoms with Crippen molar-refractivity contribution in [2.24, 2.45) is 0 Å². The van der Waals surface area contributed by atoms with E-state index in [2.05, 4.69) is 27.8 Å². The molecule has 0 saturated heterocycles. The van der Waals surface area contributed by atoms with Crippen molar-refractivity contribution in [2.75, 3.05) is 5.73 Å². The molecule has 2 aromatic rings. The normalized spacial score (nSPS) is 19.2. The van der Waals surface area contributed by atoms with Gasteiger partial charge >= 0.3 is 0 Å². The molecule has 37 heavy (non-hydrogen) atoms. The number of rotatable bonds is 8. The first kappa shape index (κ1) is 27.0. The smallest absolute Gasteiger partial charge is 0.164 e. The third kappa shape index (κ3) is 5.78. The topological polar surface area (TPSA) is 98.7 Å². The first-order valence-electron chi connectivity index (χ1n) is 12.4. The number of hydrogen-bond donors (Lipinski definition) is 2. The molecule has 0 aliphatic heterocycles. The maximum Gasteiger partial charge on any atom is 0.164 e. The zero-order valence-electron chi connectivity index (χ0n) is 21.0. The van der Waals surface area contributed by atoms with Crippen LogP contribution < -0.4 is 10.5 Å². The first-order valence-corrected chi connectivity index (χ1v) is 14.0. The summed E-state index contributed by atoms with van der Waals surface area (Å²) in [5, 5.41) is 5.79. The van der Waals surface area contributed by atoms with E-state index in [1.165, 1.54) is 31.0 Å². The SMILES string of the molecule is C=C/C(NS(=O)C1=C(C)CCCC=C1Cl)=C(F)\C=C(/C=C)c1nn(C2CCCCC2)c2ncnc(N)c12. The fourth-order valence-electron chi connectivity index (χ4n) is 4.81. The van der Waals surface area contributed by atoms with Crippen LogP contribution in [0.5, 0.6) is 0 Å². The van der Waals surface area contributed by atoms with E-state index in [0.29, 0.717) is 32.2 Å². The molecule has 3 N–H and O–H groups in total. The summed E-state index contributed by atoms with van der Waals surface area (Å²) in [5.41, 5.74) is 8.57. The Balaban J connectivity index is 1.74. The Kier molecular flexibility index (Phi) is 8.76. The van der Waals surface area contributed by atoms with Crippen molar-refractivity contribution in [2.45, 2.75) is 64.3 Å². The summed E-state index contributed by atoms with van der Waals surface area (Å²) in [4.78, 5) is 9.06. The van der Waals surface area contributed by atoms with Gasteiger partial charge in [0, 0.05) is 5.57 Å². The molecule has 0 aromatic carbocycles. The molecule has 2 aliphatic rings. The fraction of sp³-hybridized carbons (Fsp3) is 0.370. The van der Waals surface area contributed by atoms with Gasteiger partial charge in [0.1, 0.15) is 23.7 Å². The molecule has 0 spiro atoms. The highest BCUT2D eigenvalue weighted by Gasteiger charge is 2.24. The molecule has 196 valence electrons. The number of hydrogen-bond acceptors (Lipinski definition) is 5. The van der Waals surface area contributed by atoms with E-state index in [4.69, 9.17) is 22.4 Å². The summed E-state index contributed by atoms with van der Waals surface area (Å²) in [6, 6.07) is 0.187. The largest absolute Gasteiger partial charge is 0.383 e. The highest BCUT2D eigenvalue weighted by molar-refractivity contribution is 7.87. The van der Waals surface area contributed by atoms with Crippen molar-refractivity contribution in [1.82, 2.24) is 24.5 Å². The van der Waals surface area contributed by atoms with E-state index in [0.717, 1.165) is 50.5 Å². The number of halogens is 2. The lowest BCUT2D eigenvalue weighted by Gasteiger charge is -2.22. The van der Waals surface area contributed by atoms with Crippen molar-refractivity contribution in [3.05, 3.63) is 76.5 Å². The lowest BCUT2D eigenvalue weighted by Crippen LogP contribution is -2.19. The highest BCUT2D eigenvalue weighted by atomic mass is 35.5. The van der Waals surface area contributed by atoms with Gasteiger partial charge in [-0.15, -0.1) is 0 Å². The van der Waals surface area contributed by atoms with Crippen LogP contribution in [-0.4, -0.2) is 24.0 Å². The van der Waals surface area contributed by atoms with Gasteiger partial charge in [-0.2, -0.15) is 5.10 Å². The zero-order chi connectivity index (χ0) is 26.5. The Hall–Kier alpha value is -3.04. The summed E-state index contributed by atoms with van der Waals surface area (Å²) in [7, 11) is -1.77. The fourth-order valence-corrected chi connectivity index (χ4v) is 6.45. The molecule has 1 unspecified atom stereocenters. The quantitative estimate of drug-likeness (QED) is 0.362. The van der Waals surface area contributed by atoms with Gasteiger partial charge in [0.05, 0.1) is 27.1 Å². The monoisotopic (exact) mass is 542 g/mol. The third-order valence-electron chi connectivity index (χ3n) is 6.75. The second-order valence-electron chi connectivity index (χ2n) is 9.24. The number of allylic oxidation sites excluding steroid dienone is 8. The molecule has 1 fully saturated rings. The lowest BCUT2D eigenvalue weighted by atomic mass is 9.96. The van der Waals surface area contributed by atoms with Crippen LogP contribution in [0.3, 0.4) is 0 Å². The molecule has 10 heteroatoms. The van der Waals surface area contributed by atoms with E-state index >= 15 is 4.39 Å². The molecule has 1 atom stereocenters. The molecule has 7 nitrogen and oxygen atoms in total. The maximum absolute atomic E-state index is 15.6. The molecule has 0 radical (unpaired) electrons. The van der Waals surface area contributed by atoms with Gasteiger partial charge in [-0.3, -0.25) is 4.72 Å². The Labute approximate surface area is 224 Å². The number of nitrogens with two attached hydrogens (primary N) is 1. The van der Waals surface area contributed by atoms with E-state index in [1.54, 1.807) is 0 Å². The molecule has 0 bridgehead atoms. The maximum atomic E-state index is 15.6. The highest BCUT2D eigenvalue weighted by Crippen LogP contribution is 2.35. The molecule has 4 rings (SSSR count). The Bertz CT molecular complexity index is 1370. The van der Waals surface area contributed by atoms with Crippen molar-refractivity contribution in [1.29, 1.82) is 0 Å². The number of nitrogens with zero attached hydrogens (tertiary/aromatic N) is 4. The summed E-state index contributed by atoms with van der Waals surface area (Å²) in [6.07, 6.45) is 15.2. The number of aromatic nitrogens is 4.